The normalized spacial score (nSPS) is 23.7. The lowest BCUT2D eigenvalue weighted by atomic mass is 10.3. The van der Waals surface area contributed by atoms with Crippen LogP contribution in [0, 0.1) is 0 Å². The van der Waals surface area contributed by atoms with Crippen LogP contribution in [0.4, 0.5) is 14.9 Å². The molecule has 0 spiro atoms. The summed E-state index contributed by atoms with van der Waals surface area (Å²) in [6.07, 6.45) is -1.91. The van der Waals surface area contributed by atoms with Crippen LogP contribution in [0.25, 0.3) is 0 Å². The zero-order valence-electron chi connectivity index (χ0n) is 8.91. The van der Waals surface area contributed by atoms with E-state index in [1.165, 1.54) is 12.3 Å². The summed E-state index contributed by atoms with van der Waals surface area (Å²) in [5, 5.41) is 8.72. The summed E-state index contributed by atoms with van der Waals surface area (Å²) in [6.45, 7) is -0.169. The lowest BCUT2D eigenvalue weighted by Gasteiger charge is -2.14. The van der Waals surface area contributed by atoms with E-state index in [0.29, 0.717) is 5.69 Å². The molecule has 0 radical (unpaired) electrons. The summed E-state index contributed by atoms with van der Waals surface area (Å²) in [4.78, 5) is 15.5. The first-order valence-electron chi connectivity index (χ1n) is 5.06. The zero-order valence-corrected chi connectivity index (χ0v) is 8.91. The molecule has 1 aromatic rings. The van der Waals surface area contributed by atoms with Crippen LogP contribution in [-0.2, 0) is 0 Å². The van der Waals surface area contributed by atoms with Crippen molar-refractivity contribution in [2.24, 2.45) is 0 Å². The highest BCUT2D eigenvalue weighted by molar-refractivity contribution is 5.65. The third kappa shape index (κ3) is 2.55. The Balaban J connectivity index is 2.00. The summed E-state index contributed by atoms with van der Waals surface area (Å²) in [7, 11) is 0. The second-order valence-corrected chi connectivity index (χ2v) is 3.79. The highest BCUT2D eigenvalue weighted by Gasteiger charge is 2.37. The first-order valence-corrected chi connectivity index (χ1v) is 5.06. The Morgan fingerprint density at radius 1 is 1.59 bits per heavy atom. The standard InChI is InChI=1S/C10H12FN3O3/c11-7-4-14(10(15)16)5-8(7)17-9-2-1-6(12)3-13-9/h1-3,7-8H,4-5,12H2,(H,15,16)/t7-,8+/m0/s1. The highest BCUT2D eigenvalue weighted by Crippen LogP contribution is 2.19. The molecule has 0 unspecified atom stereocenters. The van der Waals surface area contributed by atoms with Crippen molar-refractivity contribution in [2.45, 2.75) is 12.3 Å². The van der Waals surface area contributed by atoms with Crippen molar-refractivity contribution < 1.29 is 19.0 Å². The van der Waals surface area contributed by atoms with Crippen molar-refractivity contribution in [3.05, 3.63) is 18.3 Å². The number of halogens is 1. The van der Waals surface area contributed by atoms with E-state index in [0.717, 1.165) is 4.90 Å². The van der Waals surface area contributed by atoms with Gasteiger partial charge in [-0.25, -0.2) is 14.2 Å². The van der Waals surface area contributed by atoms with E-state index in [4.69, 9.17) is 15.6 Å². The first-order chi connectivity index (χ1) is 8.06. The number of nitrogen functional groups attached to an aromatic ring is 1. The van der Waals surface area contributed by atoms with Crippen molar-refractivity contribution >= 4 is 11.8 Å². The van der Waals surface area contributed by atoms with E-state index in [9.17, 15) is 9.18 Å². The topological polar surface area (TPSA) is 88.7 Å². The van der Waals surface area contributed by atoms with Gasteiger partial charge in [0.15, 0.2) is 12.3 Å². The number of ether oxygens (including phenoxy) is 1. The third-order valence-electron chi connectivity index (χ3n) is 2.50. The number of pyridine rings is 1. The van der Waals surface area contributed by atoms with Crippen LogP contribution >= 0.6 is 0 Å². The van der Waals surface area contributed by atoms with Gasteiger partial charge in [-0.2, -0.15) is 0 Å². The predicted octanol–water partition coefficient (Wildman–Crippen LogP) is 0.743. The zero-order chi connectivity index (χ0) is 12.4. The lowest BCUT2D eigenvalue weighted by Crippen LogP contribution is -2.30. The molecule has 1 fully saturated rings. The fourth-order valence-electron chi connectivity index (χ4n) is 1.62. The molecule has 1 saturated heterocycles. The summed E-state index contributed by atoms with van der Waals surface area (Å²) in [5.74, 6) is 0.235. The molecule has 7 heteroatoms. The predicted molar refractivity (Wildman–Crippen MR) is 57.6 cm³/mol. The fourth-order valence-corrected chi connectivity index (χ4v) is 1.62. The van der Waals surface area contributed by atoms with Gasteiger partial charge in [-0.05, 0) is 6.07 Å². The van der Waals surface area contributed by atoms with Gasteiger partial charge in [0.25, 0.3) is 0 Å². The smallest absolute Gasteiger partial charge is 0.407 e. The number of alkyl halides is 1. The SMILES string of the molecule is Nc1ccc(O[C@@H]2CN(C(=O)O)C[C@@H]2F)nc1. The lowest BCUT2D eigenvalue weighted by molar-refractivity contribution is 0.130. The molecule has 2 heterocycles. The number of carboxylic acid groups (broad SMARTS) is 1. The number of aromatic nitrogens is 1. The van der Waals surface area contributed by atoms with Crippen molar-refractivity contribution in [3.8, 4) is 5.88 Å². The number of amides is 1. The average molecular weight is 241 g/mol. The van der Waals surface area contributed by atoms with Crippen molar-refractivity contribution in [3.63, 3.8) is 0 Å². The number of likely N-dealkylation sites (tertiary alicyclic amines) is 1. The molecule has 1 amide bonds. The van der Waals surface area contributed by atoms with Gasteiger partial charge in [-0.3, -0.25) is 0 Å². The Bertz CT molecular complexity index is 412. The Kier molecular flexibility index (Phi) is 2.99. The van der Waals surface area contributed by atoms with Crippen molar-refractivity contribution in [2.75, 3.05) is 18.8 Å². The monoisotopic (exact) mass is 241 g/mol. The number of carbonyl (C=O) groups is 1. The van der Waals surface area contributed by atoms with Gasteiger partial charge >= 0.3 is 6.09 Å². The maximum absolute atomic E-state index is 13.5. The van der Waals surface area contributed by atoms with Gasteiger partial charge in [-0.1, -0.05) is 0 Å². The number of hydrogen-bond acceptors (Lipinski definition) is 4. The van der Waals surface area contributed by atoms with Crippen molar-refractivity contribution in [1.29, 1.82) is 0 Å². The molecule has 2 rings (SSSR count). The molecular formula is C10H12FN3O3. The molecule has 1 aliphatic heterocycles. The molecule has 1 aliphatic rings. The van der Waals surface area contributed by atoms with Gasteiger partial charge in [0.05, 0.1) is 25.0 Å². The molecule has 3 N–H and O–H groups in total. The summed E-state index contributed by atoms with van der Waals surface area (Å²) < 4.78 is 18.8. The molecule has 0 aromatic carbocycles. The van der Waals surface area contributed by atoms with Crippen LogP contribution in [-0.4, -0.2) is 46.4 Å². The number of rotatable bonds is 2. The molecule has 1 aromatic heterocycles. The van der Waals surface area contributed by atoms with Crippen LogP contribution in [0.15, 0.2) is 18.3 Å². The number of hydrogen-bond donors (Lipinski definition) is 2. The van der Waals surface area contributed by atoms with E-state index in [-0.39, 0.29) is 19.0 Å². The Morgan fingerprint density at radius 2 is 2.35 bits per heavy atom. The van der Waals surface area contributed by atoms with Crippen molar-refractivity contribution in [1.82, 2.24) is 9.88 Å². The van der Waals surface area contributed by atoms with Crippen LogP contribution in [0.2, 0.25) is 0 Å². The maximum atomic E-state index is 13.5. The fraction of sp³-hybridized carbons (Fsp3) is 0.400. The molecule has 2 atom stereocenters. The van der Waals surface area contributed by atoms with E-state index < -0.39 is 18.4 Å². The van der Waals surface area contributed by atoms with Crippen LogP contribution in [0.3, 0.4) is 0 Å². The number of nitrogens with zero attached hydrogens (tertiary/aromatic N) is 2. The minimum Gasteiger partial charge on any atom is -0.469 e. The number of nitrogens with two attached hydrogens (primary N) is 1. The summed E-state index contributed by atoms with van der Waals surface area (Å²) >= 11 is 0. The largest absolute Gasteiger partial charge is 0.469 e. The molecule has 92 valence electrons. The second kappa shape index (κ2) is 4.44. The van der Waals surface area contributed by atoms with Gasteiger partial charge < -0.3 is 20.5 Å². The van der Waals surface area contributed by atoms with Gasteiger partial charge in [0.1, 0.15) is 0 Å². The Labute approximate surface area is 96.8 Å². The van der Waals surface area contributed by atoms with E-state index >= 15 is 0 Å². The van der Waals surface area contributed by atoms with E-state index in [1.54, 1.807) is 6.07 Å². The van der Waals surface area contributed by atoms with E-state index in [1.807, 2.05) is 0 Å². The first kappa shape index (κ1) is 11.4. The van der Waals surface area contributed by atoms with Crippen LogP contribution in [0.1, 0.15) is 0 Å². The highest BCUT2D eigenvalue weighted by atomic mass is 19.1. The molecular weight excluding hydrogens is 229 g/mol. The van der Waals surface area contributed by atoms with E-state index in [2.05, 4.69) is 4.98 Å². The maximum Gasteiger partial charge on any atom is 0.407 e. The van der Waals surface area contributed by atoms with Crippen LogP contribution < -0.4 is 10.5 Å². The molecule has 0 aliphatic carbocycles. The molecule has 0 bridgehead atoms. The van der Waals surface area contributed by atoms with Gasteiger partial charge in [-0.15, -0.1) is 0 Å². The molecule has 17 heavy (non-hydrogen) atoms. The van der Waals surface area contributed by atoms with Gasteiger partial charge in [0, 0.05) is 6.07 Å². The Hall–Kier alpha value is -2.05. The second-order valence-electron chi connectivity index (χ2n) is 3.79. The minimum atomic E-state index is -1.34. The Morgan fingerprint density at radius 3 is 2.88 bits per heavy atom. The number of anilines is 1. The molecule has 6 nitrogen and oxygen atoms in total. The summed E-state index contributed by atoms with van der Waals surface area (Å²) in [5.41, 5.74) is 5.93. The minimum absolute atomic E-state index is 0.00254. The summed E-state index contributed by atoms with van der Waals surface area (Å²) in [6, 6.07) is 3.10. The van der Waals surface area contributed by atoms with Crippen LogP contribution in [0.5, 0.6) is 5.88 Å². The average Bonchev–Trinajstić information content (AvgIpc) is 2.64. The van der Waals surface area contributed by atoms with Gasteiger partial charge in [0.2, 0.25) is 5.88 Å². The third-order valence-corrected chi connectivity index (χ3v) is 2.50. The quantitative estimate of drug-likeness (QED) is 0.797. The molecule has 0 saturated carbocycles.